The second-order valence-electron chi connectivity index (χ2n) is 8.63. The minimum Gasteiger partial charge on any atom is -0.451 e. The van der Waals surface area contributed by atoms with Crippen LogP contribution in [0.3, 0.4) is 0 Å². The molecule has 7 heteroatoms. The number of hydrogen-bond acceptors (Lipinski definition) is 6. The van der Waals surface area contributed by atoms with Crippen LogP contribution in [-0.4, -0.2) is 35.8 Å². The third-order valence-electron chi connectivity index (χ3n) is 5.16. The summed E-state index contributed by atoms with van der Waals surface area (Å²) in [7, 11) is 1.42. The molecule has 1 atom stereocenters. The van der Waals surface area contributed by atoms with E-state index in [4.69, 9.17) is 14.2 Å². The van der Waals surface area contributed by atoms with Gasteiger partial charge in [0.1, 0.15) is 23.9 Å². The first-order valence-electron chi connectivity index (χ1n) is 10.7. The Balaban J connectivity index is 2.64. The Morgan fingerprint density at radius 2 is 1.81 bits per heavy atom. The smallest absolute Gasteiger partial charge is 0.335 e. The number of hydrogen-bond donors (Lipinski definition) is 0. The molecule has 0 spiro atoms. The van der Waals surface area contributed by atoms with Crippen molar-refractivity contribution in [3.8, 4) is 6.07 Å². The van der Waals surface area contributed by atoms with Gasteiger partial charge in [0.15, 0.2) is 5.76 Å². The van der Waals surface area contributed by atoms with Crippen molar-refractivity contribution in [1.82, 2.24) is 9.78 Å². The molecule has 0 bridgehead atoms. The summed E-state index contributed by atoms with van der Waals surface area (Å²) in [4.78, 5) is 11.9. The van der Waals surface area contributed by atoms with Crippen LogP contribution in [0, 0.1) is 25.2 Å². The van der Waals surface area contributed by atoms with Crippen LogP contribution in [0.25, 0.3) is 11.3 Å². The van der Waals surface area contributed by atoms with E-state index in [9.17, 15) is 10.1 Å². The van der Waals surface area contributed by atoms with Crippen molar-refractivity contribution < 1.29 is 19.0 Å². The van der Waals surface area contributed by atoms with Gasteiger partial charge in [-0.05, 0) is 37.3 Å². The number of nitrogens with zero attached hydrogens (tertiary/aromatic N) is 3. The highest BCUT2D eigenvalue weighted by Gasteiger charge is 2.25. The van der Waals surface area contributed by atoms with E-state index in [1.54, 1.807) is 11.6 Å². The number of esters is 1. The Bertz CT molecular complexity index is 1020. The quantitative estimate of drug-likeness (QED) is 0.255. The highest BCUT2D eigenvalue weighted by molar-refractivity contribution is 5.94. The zero-order valence-corrected chi connectivity index (χ0v) is 20.3. The largest absolute Gasteiger partial charge is 0.451 e. The molecule has 1 heterocycles. The molecule has 32 heavy (non-hydrogen) atoms. The number of carbonyl (C=O) groups excluding carboxylic acids is 1. The van der Waals surface area contributed by atoms with Gasteiger partial charge in [-0.2, -0.15) is 10.4 Å². The van der Waals surface area contributed by atoms with Crippen molar-refractivity contribution in [1.29, 1.82) is 5.26 Å². The van der Waals surface area contributed by atoms with E-state index in [-0.39, 0.29) is 12.0 Å². The lowest BCUT2D eigenvalue weighted by Gasteiger charge is -2.21. The van der Waals surface area contributed by atoms with Crippen LogP contribution in [0.1, 0.15) is 62.7 Å². The number of methoxy groups -OCH3 is 1. The monoisotopic (exact) mass is 439 g/mol. The van der Waals surface area contributed by atoms with Gasteiger partial charge in [0, 0.05) is 26.1 Å². The second-order valence-corrected chi connectivity index (χ2v) is 8.63. The number of rotatable bonds is 8. The molecule has 1 unspecified atom stereocenters. The fraction of sp³-hybridized carbons (Fsp3) is 0.480. The maximum atomic E-state index is 11.9. The van der Waals surface area contributed by atoms with Gasteiger partial charge < -0.3 is 14.2 Å². The summed E-state index contributed by atoms with van der Waals surface area (Å²) in [5, 5.41) is 14.7. The van der Waals surface area contributed by atoms with Gasteiger partial charge in [-0.15, -0.1) is 0 Å². The minimum atomic E-state index is -0.926. The topological polar surface area (TPSA) is 86.4 Å². The molecule has 0 saturated heterocycles. The van der Waals surface area contributed by atoms with Crippen LogP contribution >= 0.6 is 0 Å². The van der Waals surface area contributed by atoms with Crippen LogP contribution in [0.15, 0.2) is 24.3 Å². The number of aryl methyl sites for hydroxylation is 2. The zero-order valence-electron chi connectivity index (χ0n) is 20.3. The highest BCUT2D eigenvalue weighted by Crippen LogP contribution is 2.33. The molecule has 7 nitrogen and oxygen atoms in total. The van der Waals surface area contributed by atoms with Gasteiger partial charge in [0.25, 0.3) is 0 Å². The normalized spacial score (nSPS) is 13.2. The Labute approximate surface area is 190 Å². The Kier molecular flexibility index (Phi) is 8.23. The average Bonchev–Trinajstić information content (AvgIpc) is 3.01. The molecule has 2 aromatic rings. The van der Waals surface area contributed by atoms with E-state index < -0.39 is 12.3 Å². The predicted molar refractivity (Wildman–Crippen MR) is 123 cm³/mol. The number of benzene rings is 1. The van der Waals surface area contributed by atoms with Crippen molar-refractivity contribution in [3.63, 3.8) is 0 Å². The first-order valence-corrected chi connectivity index (χ1v) is 10.7. The summed E-state index contributed by atoms with van der Waals surface area (Å²) < 4.78 is 18.0. The maximum Gasteiger partial charge on any atom is 0.335 e. The highest BCUT2D eigenvalue weighted by atomic mass is 16.7. The lowest BCUT2D eigenvalue weighted by Crippen LogP contribution is -2.22. The van der Waals surface area contributed by atoms with E-state index in [2.05, 4.69) is 31.9 Å². The summed E-state index contributed by atoms with van der Waals surface area (Å²) in [5.41, 5.74) is 4.64. The zero-order chi connectivity index (χ0) is 24.1. The summed E-state index contributed by atoms with van der Waals surface area (Å²) in [6.07, 6.45) is -0.926. The van der Waals surface area contributed by atoms with Crippen LogP contribution in [0.5, 0.6) is 0 Å². The number of allylic oxidation sites excluding steroid dienone is 1. The molecule has 0 amide bonds. The Morgan fingerprint density at radius 3 is 2.31 bits per heavy atom. The molecule has 0 fully saturated rings. The van der Waals surface area contributed by atoms with Crippen LogP contribution < -0.4 is 0 Å². The molecular formula is C25H33N3O4. The molecule has 0 radical (unpaired) electrons. The summed E-state index contributed by atoms with van der Waals surface area (Å²) in [6, 6.07) is 10.2. The van der Waals surface area contributed by atoms with Crippen molar-refractivity contribution in [2.75, 3.05) is 13.7 Å². The number of ether oxygens (including phenoxy) is 3. The van der Waals surface area contributed by atoms with Crippen LogP contribution in [-0.2, 0) is 31.0 Å². The van der Waals surface area contributed by atoms with Gasteiger partial charge in [-0.1, -0.05) is 45.0 Å². The molecule has 2 rings (SSSR count). The molecule has 0 N–H and O–H groups in total. The fourth-order valence-corrected chi connectivity index (χ4v) is 3.33. The van der Waals surface area contributed by atoms with Gasteiger partial charge >= 0.3 is 5.97 Å². The average molecular weight is 440 g/mol. The molecule has 0 saturated carbocycles. The van der Waals surface area contributed by atoms with Gasteiger partial charge in [-0.3, -0.25) is 4.68 Å². The van der Waals surface area contributed by atoms with E-state index in [0.29, 0.717) is 29.1 Å². The van der Waals surface area contributed by atoms with Crippen molar-refractivity contribution in [2.45, 2.75) is 66.7 Å². The number of nitriles is 1. The van der Waals surface area contributed by atoms with Crippen molar-refractivity contribution in [3.05, 3.63) is 52.3 Å². The first-order chi connectivity index (χ1) is 15.0. The summed E-state index contributed by atoms with van der Waals surface area (Å²) in [5.74, 6) is -0.224. The Hall–Kier alpha value is -3.11. The molecular weight excluding hydrogens is 406 g/mol. The molecule has 0 aliphatic carbocycles. The van der Waals surface area contributed by atoms with Crippen LogP contribution in [0.2, 0.25) is 0 Å². The lowest BCUT2D eigenvalue weighted by molar-refractivity contribution is -0.168. The standard InChI is InChI=1S/C25H33N3O4/c1-9-28-23(16(2)17(3)27-28)24(32-18(4)31-22(29)15-30-8)21(14-26)19-10-12-20(13-11-19)25(5,6)7/h10-13,18H,9,15H2,1-8H3/b24-21-. The number of aromatic nitrogens is 2. The summed E-state index contributed by atoms with van der Waals surface area (Å²) >= 11 is 0. The molecule has 1 aromatic heterocycles. The molecule has 0 aliphatic rings. The molecule has 1 aromatic carbocycles. The maximum absolute atomic E-state index is 11.9. The van der Waals surface area contributed by atoms with E-state index in [1.165, 1.54) is 7.11 Å². The van der Waals surface area contributed by atoms with Crippen molar-refractivity contribution >= 4 is 17.3 Å². The third kappa shape index (κ3) is 5.77. The van der Waals surface area contributed by atoms with Gasteiger partial charge in [0.05, 0.1) is 5.69 Å². The Morgan fingerprint density at radius 1 is 1.19 bits per heavy atom. The molecule has 0 aliphatic heterocycles. The predicted octanol–water partition coefficient (Wildman–Crippen LogP) is 4.76. The van der Waals surface area contributed by atoms with Gasteiger partial charge in [-0.25, -0.2) is 4.79 Å². The van der Waals surface area contributed by atoms with E-state index in [1.807, 2.05) is 45.0 Å². The first kappa shape index (κ1) is 25.2. The third-order valence-corrected chi connectivity index (χ3v) is 5.16. The lowest BCUT2D eigenvalue weighted by atomic mass is 9.86. The summed E-state index contributed by atoms with van der Waals surface area (Å²) in [6.45, 7) is 14.3. The number of carbonyl (C=O) groups is 1. The minimum absolute atomic E-state index is 0.00697. The fourth-order valence-electron chi connectivity index (χ4n) is 3.33. The van der Waals surface area contributed by atoms with Crippen LogP contribution in [0.4, 0.5) is 0 Å². The second kappa shape index (κ2) is 10.5. The molecule has 172 valence electrons. The van der Waals surface area contributed by atoms with Gasteiger partial charge in [0.2, 0.25) is 6.29 Å². The van der Waals surface area contributed by atoms with E-state index in [0.717, 1.165) is 16.8 Å². The van der Waals surface area contributed by atoms with Crippen molar-refractivity contribution in [2.24, 2.45) is 0 Å². The SMILES string of the molecule is CCn1nc(C)c(C)c1/C(OC(C)OC(=O)COC)=C(\C#N)c1ccc(C(C)(C)C)cc1. The van der Waals surface area contributed by atoms with E-state index >= 15 is 0 Å².